The second-order valence-corrected chi connectivity index (χ2v) is 6.95. The van der Waals surface area contributed by atoms with E-state index in [9.17, 15) is 14.0 Å². The number of halogens is 2. The molecule has 7 heteroatoms. The molecule has 148 valence electrons. The molecule has 0 aromatic heterocycles. The van der Waals surface area contributed by atoms with Crippen LogP contribution in [-0.4, -0.2) is 24.3 Å². The summed E-state index contributed by atoms with van der Waals surface area (Å²) in [7, 11) is 0. The number of hydrogen-bond acceptors (Lipinski definition) is 3. The maximum absolute atomic E-state index is 14.2. The Kier molecular flexibility index (Phi) is 6.87. The van der Waals surface area contributed by atoms with Gasteiger partial charge in [0.1, 0.15) is 17.4 Å². The summed E-state index contributed by atoms with van der Waals surface area (Å²) in [5.74, 6) is -0.158. The Morgan fingerprint density at radius 2 is 1.82 bits per heavy atom. The summed E-state index contributed by atoms with van der Waals surface area (Å²) in [5, 5.41) is 5.33. The fourth-order valence-electron chi connectivity index (χ4n) is 3.06. The van der Waals surface area contributed by atoms with Crippen molar-refractivity contribution in [2.75, 3.05) is 12.5 Å². The molecule has 0 saturated heterocycles. The molecule has 5 nitrogen and oxygen atoms in total. The Balaban J connectivity index is 1.52. The Labute approximate surface area is 168 Å². The zero-order valence-electron chi connectivity index (χ0n) is 15.4. The van der Waals surface area contributed by atoms with Gasteiger partial charge in [-0.3, -0.25) is 9.59 Å². The van der Waals surface area contributed by atoms with Gasteiger partial charge in [0, 0.05) is 18.7 Å². The minimum atomic E-state index is -0.427. The standard InChI is InChI=1S/C21H22ClFN2O3/c22-11-21(27)24-12-15-3-5-17(18(23)9-15)13-25-20(26)10-14-4-6-19-16(8-14)2-1-7-28-19/h3-6,8-9H,1-2,7,10-13H2,(H,24,27)(H,25,26). The number of carbonyl (C=O) groups excluding carboxylic acids is 2. The van der Waals surface area contributed by atoms with Crippen molar-refractivity contribution >= 4 is 23.4 Å². The molecule has 0 atom stereocenters. The molecule has 2 N–H and O–H groups in total. The highest BCUT2D eigenvalue weighted by atomic mass is 35.5. The number of amides is 2. The van der Waals surface area contributed by atoms with Crippen LogP contribution < -0.4 is 15.4 Å². The minimum absolute atomic E-state index is 0.104. The van der Waals surface area contributed by atoms with Gasteiger partial charge in [-0.15, -0.1) is 11.6 Å². The second-order valence-electron chi connectivity index (χ2n) is 6.68. The van der Waals surface area contributed by atoms with Crippen LogP contribution in [0.4, 0.5) is 4.39 Å². The zero-order chi connectivity index (χ0) is 19.9. The van der Waals surface area contributed by atoms with Crippen LogP contribution in [0, 0.1) is 5.82 Å². The van der Waals surface area contributed by atoms with E-state index in [0.29, 0.717) is 11.1 Å². The highest BCUT2D eigenvalue weighted by Crippen LogP contribution is 2.25. The van der Waals surface area contributed by atoms with Gasteiger partial charge < -0.3 is 15.4 Å². The minimum Gasteiger partial charge on any atom is -0.493 e. The number of hydrogen-bond donors (Lipinski definition) is 2. The van der Waals surface area contributed by atoms with Crippen LogP contribution in [0.2, 0.25) is 0 Å². The molecule has 0 saturated carbocycles. The number of fused-ring (bicyclic) bond motifs is 1. The third-order valence-electron chi connectivity index (χ3n) is 4.54. The van der Waals surface area contributed by atoms with Gasteiger partial charge in [-0.05, 0) is 41.7 Å². The van der Waals surface area contributed by atoms with Crippen molar-refractivity contribution in [2.45, 2.75) is 32.4 Å². The van der Waals surface area contributed by atoms with Gasteiger partial charge in [0.2, 0.25) is 11.8 Å². The third-order valence-corrected chi connectivity index (χ3v) is 4.78. The fourth-order valence-corrected chi connectivity index (χ4v) is 3.15. The van der Waals surface area contributed by atoms with E-state index in [4.69, 9.17) is 16.3 Å². The lowest BCUT2D eigenvalue weighted by Gasteiger charge is -2.17. The van der Waals surface area contributed by atoms with E-state index >= 15 is 0 Å². The third kappa shape index (κ3) is 5.45. The maximum atomic E-state index is 14.2. The van der Waals surface area contributed by atoms with Crippen LogP contribution in [0.15, 0.2) is 36.4 Å². The van der Waals surface area contributed by atoms with Crippen LogP contribution in [0.3, 0.4) is 0 Å². The summed E-state index contributed by atoms with van der Waals surface area (Å²) in [6.45, 7) is 1.04. The van der Waals surface area contributed by atoms with Crippen molar-refractivity contribution in [3.05, 3.63) is 64.5 Å². The lowest BCUT2D eigenvalue weighted by atomic mass is 10.0. The van der Waals surface area contributed by atoms with E-state index in [2.05, 4.69) is 10.6 Å². The molecule has 1 aliphatic heterocycles. The Morgan fingerprint density at radius 1 is 1.04 bits per heavy atom. The van der Waals surface area contributed by atoms with Crippen LogP contribution in [0.25, 0.3) is 0 Å². The maximum Gasteiger partial charge on any atom is 0.235 e. The highest BCUT2D eigenvalue weighted by Gasteiger charge is 2.12. The van der Waals surface area contributed by atoms with E-state index in [1.807, 2.05) is 18.2 Å². The van der Waals surface area contributed by atoms with Crippen molar-refractivity contribution in [1.82, 2.24) is 10.6 Å². The molecule has 0 fully saturated rings. The number of carbonyl (C=O) groups is 2. The largest absolute Gasteiger partial charge is 0.493 e. The van der Waals surface area contributed by atoms with Gasteiger partial charge in [-0.25, -0.2) is 4.39 Å². The molecule has 0 unspecified atom stereocenters. The number of ether oxygens (including phenoxy) is 1. The number of nitrogens with one attached hydrogen (secondary N) is 2. The SMILES string of the molecule is O=C(CCl)NCc1ccc(CNC(=O)Cc2ccc3c(c2)CCCO3)c(F)c1. The van der Waals surface area contributed by atoms with Gasteiger partial charge >= 0.3 is 0 Å². The average Bonchev–Trinajstić information content (AvgIpc) is 2.71. The molecule has 2 amide bonds. The lowest BCUT2D eigenvalue weighted by molar-refractivity contribution is -0.120. The monoisotopic (exact) mass is 404 g/mol. The van der Waals surface area contributed by atoms with Crippen molar-refractivity contribution in [1.29, 1.82) is 0 Å². The molecular formula is C21H22ClFN2O3. The van der Waals surface area contributed by atoms with Gasteiger partial charge in [-0.1, -0.05) is 24.3 Å². The van der Waals surface area contributed by atoms with Crippen LogP contribution in [-0.2, 0) is 35.5 Å². The van der Waals surface area contributed by atoms with E-state index in [1.54, 1.807) is 12.1 Å². The summed E-state index contributed by atoms with van der Waals surface area (Å²) in [4.78, 5) is 23.4. The molecule has 3 rings (SSSR count). The van der Waals surface area contributed by atoms with Crippen LogP contribution in [0.1, 0.15) is 28.7 Å². The zero-order valence-corrected chi connectivity index (χ0v) is 16.2. The summed E-state index contributed by atoms with van der Waals surface area (Å²) in [5.41, 5.74) is 3.05. The Hall–Kier alpha value is -2.60. The van der Waals surface area contributed by atoms with Crippen molar-refractivity contribution < 1.29 is 18.7 Å². The van der Waals surface area contributed by atoms with Gasteiger partial charge in [0.25, 0.3) is 0 Å². The summed E-state index contributed by atoms with van der Waals surface area (Å²) >= 11 is 5.41. The first-order chi connectivity index (χ1) is 13.5. The molecule has 0 bridgehead atoms. The summed E-state index contributed by atoms with van der Waals surface area (Å²) < 4.78 is 19.8. The molecule has 2 aromatic rings. The van der Waals surface area contributed by atoms with Gasteiger partial charge in [0.05, 0.1) is 13.0 Å². The summed E-state index contributed by atoms with van der Waals surface area (Å²) in [6, 6.07) is 10.4. The van der Waals surface area contributed by atoms with Crippen LogP contribution in [0.5, 0.6) is 5.75 Å². The van der Waals surface area contributed by atoms with Gasteiger partial charge in [0.15, 0.2) is 0 Å². The van der Waals surface area contributed by atoms with E-state index in [-0.39, 0.29) is 37.2 Å². The number of benzene rings is 2. The molecule has 0 spiro atoms. The molecular weight excluding hydrogens is 383 g/mol. The molecule has 28 heavy (non-hydrogen) atoms. The summed E-state index contributed by atoms with van der Waals surface area (Å²) in [6.07, 6.45) is 2.17. The highest BCUT2D eigenvalue weighted by molar-refractivity contribution is 6.27. The average molecular weight is 405 g/mol. The Bertz CT molecular complexity index is 873. The van der Waals surface area contributed by atoms with E-state index in [1.165, 1.54) is 6.07 Å². The predicted octanol–water partition coefficient (Wildman–Crippen LogP) is 2.86. The predicted molar refractivity (Wildman–Crippen MR) is 105 cm³/mol. The second kappa shape index (κ2) is 9.55. The first-order valence-electron chi connectivity index (χ1n) is 9.16. The van der Waals surface area contributed by atoms with E-state index in [0.717, 1.165) is 36.3 Å². The van der Waals surface area contributed by atoms with Crippen LogP contribution >= 0.6 is 11.6 Å². The van der Waals surface area contributed by atoms with Crippen molar-refractivity contribution in [3.63, 3.8) is 0 Å². The fraction of sp³-hybridized carbons (Fsp3) is 0.333. The molecule has 0 aliphatic carbocycles. The van der Waals surface area contributed by atoms with Gasteiger partial charge in [-0.2, -0.15) is 0 Å². The number of rotatable bonds is 7. The van der Waals surface area contributed by atoms with Crippen molar-refractivity contribution in [3.8, 4) is 5.75 Å². The molecule has 0 radical (unpaired) electrons. The topological polar surface area (TPSA) is 67.4 Å². The first-order valence-corrected chi connectivity index (χ1v) is 9.70. The number of aryl methyl sites for hydroxylation is 1. The molecule has 2 aromatic carbocycles. The smallest absolute Gasteiger partial charge is 0.235 e. The normalized spacial score (nSPS) is 12.6. The quantitative estimate of drug-likeness (QED) is 0.697. The Morgan fingerprint density at radius 3 is 2.61 bits per heavy atom. The molecule has 1 heterocycles. The lowest BCUT2D eigenvalue weighted by Crippen LogP contribution is -2.25. The van der Waals surface area contributed by atoms with Crippen molar-refractivity contribution in [2.24, 2.45) is 0 Å². The molecule has 1 aliphatic rings. The first kappa shape index (κ1) is 20.1. The van der Waals surface area contributed by atoms with E-state index < -0.39 is 5.82 Å². The number of alkyl halides is 1.